The summed E-state index contributed by atoms with van der Waals surface area (Å²) in [5, 5.41) is 37.1. The first-order valence-electron chi connectivity index (χ1n) is 18.1. The summed E-state index contributed by atoms with van der Waals surface area (Å²) >= 11 is 28.4. The Morgan fingerprint density at radius 1 is 0.691 bits per heavy atom. The third-order valence-corrected chi connectivity index (χ3v) is 14.9. The second-order valence-corrected chi connectivity index (χ2v) is 19.3. The average Bonchev–Trinajstić information content (AvgIpc) is 3.89. The van der Waals surface area contributed by atoms with E-state index in [4.69, 9.17) is 56.6 Å². The number of hydrogen-bond donors (Lipinski definition) is 3. The lowest BCUT2D eigenvalue weighted by Gasteiger charge is -2.12. The molecule has 0 aliphatic heterocycles. The fourth-order valence-corrected chi connectivity index (χ4v) is 11.7. The summed E-state index contributed by atoms with van der Waals surface area (Å²) in [4.78, 5) is 1.81. The second-order valence-electron chi connectivity index (χ2n) is 14.0. The highest BCUT2D eigenvalue weighted by Crippen LogP contribution is 2.45. The van der Waals surface area contributed by atoms with Crippen LogP contribution >= 0.6 is 69.1 Å². The fourth-order valence-electron chi connectivity index (χ4n) is 7.78. The molecule has 0 spiro atoms. The standard InChI is InChI=1S/C39H36Cl4N4O5S3/c40-23-12-14-29(27(42)19-23)46-36-25(8-4-6-21-16-17-53-38(21)36)34(44-46)31(48)10-2-1-3-11-32(49)35-26-9-5-7-22-18-33(55(50,51)52)54-39(22)37(26)47(45-35)30-15-13-24(41)20-28(30)43/h12-20,31-32,48-49H,1-11H2,(H,50,51,52). The number of fused-ring (bicyclic) bond motifs is 6. The van der Waals surface area contributed by atoms with E-state index in [1.54, 1.807) is 46.4 Å². The third-order valence-electron chi connectivity index (χ3n) is 10.4. The van der Waals surface area contributed by atoms with Crippen LogP contribution in [0.25, 0.3) is 32.5 Å². The molecule has 6 aromatic rings. The first-order valence-corrected chi connectivity index (χ1v) is 22.7. The predicted octanol–water partition coefficient (Wildman–Crippen LogP) is 11.1. The number of thiophene rings is 2. The summed E-state index contributed by atoms with van der Waals surface area (Å²) in [5.74, 6) is 0. The van der Waals surface area contributed by atoms with Gasteiger partial charge in [-0.1, -0.05) is 65.7 Å². The molecule has 2 unspecified atom stereocenters. The Kier molecular flexibility index (Phi) is 11.3. The highest BCUT2D eigenvalue weighted by Gasteiger charge is 2.32. The number of benzene rings is 2. The largest absolute Gasteiger partial charge is 0.387 e. The molecule has 2 aliphatic carbocycles. The summed E-state index contributed by atoms with van der Waals surface area (Å²) in [7, 11) is -4.42. The molecule has 2 aliphatic rings. The van der Waals surface area contributed by atoms with Gasteiger partial charge in [0.15, 0.2) is 0 Å². The monoisotopic (exact) mass is 876 g/mol. The first-order chi connectivity index (χ1) is 26.4. The van der Waals surface area contributed by atoms with Crippen LogP contribution < -0.4 is 0 Å². The minimum absolute atomic E-state index is 0.141. The Bertz CT molecular complexity index is 2530. The number of aliphatic hydroxyl groups excluding tert-OH is 2. The van der Waals surface area contributed by atoms with E-state index in [1.807, 2.05) is 10.7 Å². The van der Waals surface area contributed by atoms with Gasteiger partial charge in [-0.25, -0.2) is 9.36 Å². The van der Waals surface area contributed by atoms with Crippen molar-refractivity contribution in [2.45, 2.75) is 87.0 Å². The zero-order valence-electron chi connectivity index (χ0n) is 29.3. The van der Waals surface area contributed by atoms with Gasteiger partial charge in [-0.15, -0.1) is 22.7 Å². The minimum atomic E-state index is -4.42. The van der Waals surface area contributed by atoms with E-state index in [0.717, 1.165) is 64.3 Å². The number of aliphatic hydroxyl groups is 2. The molecular weight excluding hydrogens is 842 g/mol. The third kappa shape index (κ3) is 7.68. The normalized spacial score (nSPS) is 15.1. The number of hydrogen-bond acceptors (Lipinski definition) is 8. The Hall–Kier alpha value is -2.75. The van der Waals surface area contributed by atoms with Gasteiger partial charge in [-0.2, -0.15) is 18.6 Å². The maximum absolute atomic E-state index is 12.1. The molecule has 0 radical (unpaired) electrons. The molecule has 0 saturated heterocycles. The van der Waals surface area contributed by atoms with Crippen LogP contribution in [0.5, 0.6) is 0 Å². The Balaban J connectivity index is 1.01. The van der Waals surface area contributed by atoms with Crippen LogP contribution in [0.2, 0.25) is 20.1 Å². The number of aryl methyl sites for hydroxylation is 2. The smallest absolute Gasteiger partial charge is 0.304 e. The summed E-state index contributed by atoms with van der Waals surface area (Å²) in [6.45, 7) is 0. The lowest BCUT2D eigenvalue weighted by molar-refractivity contribution is 0.148. The summed E-state index contributed by atoms with van der Waals surface area (Å²) in [5.41, 5.74) is 7.99. The lowest BCUT2D eigenvalue weighted by Crippen LogP contribution is -2.05. The van der Waals surface area contributed by atoms with Crippen LogP contribution in [-0.4, -0.2) is 42.7 Å². The Morgan fingerprint density at radius 3 is 1.75 bits per heavy atom. The number of nitrogens with zero attached hydrogens (tertiary/aromatic N) is 4. The number of unbranched alkanes of at least 4 members (excludes halogenated alkanes) is 2. The highest BCUT2D eigenvalue weighted by atomic mass is 35.5. The average molecular weight is 879 g/mol. The Labute approximate surface area is 346 Å². The molecule has 0 bridgehead atoms. The van der Waals surface area contributed by atoms with Crippen molar-refractivity contribution in [1.82, 2.24) is 19.6 Å². The molecule has 16 heteroatoms. The zero-order chi connectivity index (χ0) is 38.6. The van der Waals surface area contributed by atoms with Gasteiger partial charge in [0.25, 0.3) is 0 Å². The van der Waals surface area contributed by atoms with Crippen molar-refractivity contribution >= 4 is 79.2 Å². The molecule has 2 aromatic carbocycles. The van der Waals surface area contributed by atoms with Crippen LogP contribution in [0.1, 0.15) is 90.8 Å². The number of halogens is 4. The van der Waals surface area contributed by atoms with Gasteiger partial charge in [0.2, 0.25) is 0 Å². The molecule has 55 heavy (non-hydrogen) atoms. The summed E-state index contributed by atoms with van der Waals surface area (Å²) in [6, 6.07) is 14.1. The molecule has 0 saturated carbocycles. The van der Waals surface area contributed by atoms with Gasteiger partial charge in [-0.3, -0.25) is 4.55 Å². The van der Waals surface area contributed by atoms with Crippen molar-refractivity contribution in [2.75, 3.05) is 0 Å². The second kappa shape index (κ2) is 15.9. The van der Waals surface area contributed by atoms with Crippen molar-refractivity contribution in [1.29, 1.82) is 0 Å². The molecule has 8 rings (SSSR count). The maximum Gasteiger partial charge on any atom is 0.304 e. The molecule has 288 valence electrons. The summed E-state index contributed by atoms with van der Waals surface area (Å²) in [6.07, 6.45) is 6.03. The lowest BCUT2D eigenvalue weighted by atomic mass is 9.98. The van der Waals surface area contributed by atoms with E-state index < -0.39 is 22.3 Å². The molecule has 4 heterocycles. The van der Waals surface area contributed by atoms with E-state index in [2.05, 4.69) is 11.4 Å². The van der Waals surface area contributed by atoms with Crippen molar-refractivity contribution in [3.05, 3.63) is 108 Å². The van der Waals surface area contributed by atoms with Crippen LogP contribution in [0.4, 0.5) is 0 Å². The molecule has 4 aromatic heterocycles. The van der Waals surface area contributed by atoms with Gasteiger partial charge >= 0.3 is 10.1 Å². The molecule has 9 nitrogen and oxygen atoms in total. The van der Waals surface area contributed by atoms with Gasteiger partial charge < -0.3 is 10.2 Å². The van der Waals surface area contributed by atoms with E-state index >= 15 is 0 Å². The maximum atomic E-state index is 12.1. The van der Waals surface area contributed by atoms with Crippen LogP contribution in [0, 0.1) is 0 Å². The van der Waals surface area contributed by atoms with E-state index in [0.29, 0.717) is 98.4 Å². The molecule has 0 amide bonds. The quantitative estimate of drug-likeness (QED) is 0.0872. The van der Waals surface area contributed by atoms with Crippen LogP contribution in [-0.2, 0) is 35.8 Å². The van der Waals surface area contributed by atoms with Crippen LogP contribution in [0.15, 0.2) is 58.1 Å². The molecular formula is C39H36Cl4N4O5S3. The number of aromatic nitrogens is 4. The van der Waals surface area contributed by atoms with Crippen molar-refractivity contribution in [2.24, 2.45) is 0 Å². The van der Waals surface area contributed by atoms with Crippen molar-refractivity contribution < 1.29 is 23.2 Å². The summed E-state index contributed by atoms with van der Waals surface area (Å²) < 4.78 is 37.5. The van der Waals surface area contributed by atoms with Gasteiger partial charge in [-0.05, 0) is 116 Å². The van der Waals surface area contributed by atoms with Crippen molar-refractivity contribution in [3.8, 4) is 32.5 Å². The molecule has 2 atom stereocenters. The van der Waals surface area contributed by atoms with Crippen LogP contribution in [0.3, 0.4) is 0 Å². The molecule has 3 N–H and O–H groups in total. The SMILES string of the molecule is O=S(=O)(O)c1cc2c(s1)-c1c(c(C(O)CCCCCC(O)c3nn(-c4ccc(Cl)cc4Cl)c4c3CCCc3ccsc3-4)nn1-c1ccc(Cl)cc1Cl)CCC2. The fraction of sp³-hybridized carbons (Fsp3) is 0.333. The van der Waals surface area contributed by atoms with Gasteiger partial charge in [0.05, 0.1) is 66.2 Å². The van der Waals surface area contributed by atoms with E-state index in [9.17, 15) is 23.2 Å². The highest BCUT2D eigenvalue weighted by molar-refractivity contribution is 7.88. The minimum Gasteiger partial charge on any atom is -0.387 e. The van der Waals surface area contributed by atoms with E-state index in [1.165, 1.54) is 11.6 Å². The Morgan fingerprint density at radius 2 is 1.22 bits per heavy atom. The predicted molar refractivity (Wildman–Crippen MR) is 221 cm³/mol. The van der Waals surface area contributed by atoms with E-state index in [-0.39, 0.29) is 4.21 Å². The number of rotatable bonds is 11. The zero-order valence-corrected chi connectivity index (χ0v) is 34.8. The van der Waals surface area contributed by atoms with Crippen molar-refractivity contribution in [3.63, 3.8) is 0 Å². The first kappa shape index (κ1) is 39.1. The van der Waals surface area contributed by atoms with Gasteiger partial charge in [0.1, 0.15) is 4.21 Å². The van der Waals surface area contributed by atoms with Gasteiger partial charge in [0, 0.05) is 21.2 Å². The topological polar surface area (TPSA) is 130 Å². The molecule has 0 fully saturated rings.